The first kappa shape index (κ1) is 30.9. The van der Waals surface area contributed by atoms with Gasteiger partial charge in [0.1, 0.15) is 0 Å². The fourth-order valence-corrected chi connectivity index (χ4v) is 10.1. The maximum Gasteiger partial charge on any atom is 0.187 e. The third-order valence-corrected chi connectivity index (χ3v) is 12.1. The van der Waals surface area contributed by atoms with E-state index in [-0.39, 0.29) is 0 Å². The van der Waals surface area contributed by atoms with Crippen molar-refractivity contribution in [1.82, 2.24) is 15.0 Å². The van der Waals surface area contributed by atoms with Crippen LogP contribution in [0.25, 0.3) is 72.0 Å². The number of nitrogens with zero attached hydrogens (tertiary/aromatic N) is 4. The molecular formula is C48H38N4. The van der Waals surface area contributed by atoms with Crippen LogP contribution < -0.4 is 0 Å². The highest BCUT2D eigenvalue weighted by molar-refractivity contribution is 5.95. The smallest absolute Gasteiger partial charge is 0.187 e. The fraction of sp³-hybridized carbons (Fsp3) is 0.208. The summed E-state index contributed by atoms with van der Waals surface area (Å²) in [5.74, 6) is 4.78. The lowest BCUT2D eigenvalue weighted by atomic mass is 9.48. The van der Waals surface area contributed by atoms with E-state index in [1.165, 1.54) is 44.1 Å². The Morgan fingerprint density at radius 1 is 0.462 bits per heavy atom. The quantitative estimate of drug-likeness (QED) is 0.165. The van der Waals surface area contributed by atoms with E-state index in [1.54, 1.807) is 0 Å². The summed E-state index contributed by atoms with van der Waals surface area (Å²) in [5, 5.41) is 2.29. The molecule has 1 aromatic heterocycles. The van der Waals surface area contributed by atoms with Crippen molar-refractivity contribution in [1.29, 1.82) is 0 Å². The van der Waals surface area contributed by atoms with Gasteiger partial charge in [-0.2, -0.15) is 0 Å². The van der Waals surface area contributed by atoms with Crippen LogP contribution in [-0.2, 0) is 5.41 Å². The van der Waals surface area contributed by atoms with Crippen LogP contribution in [0.4, 0.5) is 5.69 Å². The number of aromatic nitrogens is 3. The van der Waals surface area contributed by atoms with E-state index in [1.807, 2.05) is 24.3 Å². The zero-order valence-electron chi connectivity index (χ0n) is 29.0. The SMILES string of the molecule is [C-]#[N+]c1ccc(-c2ccccc2-c2ccc(-c3nc(-c4ccc(C56CC7CC(CC(C7)C5)C6)cc4)nc(-c4cccc5ccccc45)n3)cc2)cc1. The van der Waals surface area contributed by atoms with Gasteiger partial charge in [0.05, 0.1) is 6.57 Å². The molecular weight excluding hydrogens is 633 g/mol. The number of rotatable bonds is 6. The topological polar surface area (TPSA) is 43.0 Å². The second kappa shape index (κ2) is 12.4. The van der Waals surface area contributed by atoms with Crippen molar-refractivity contribution < 1.29 is 0 Å². The van der Waals surface area contributed by atoms with Crippen molar-refractivity contribution in [3.8, 4) is 56.4 Å². The van der Waals surface area contributed by atoms with E-state index in [9.17, 15) is 0 Å². The average molecular weight is 671 g/mol. The Hall–Kier alpha value is -5.92. The molecule has 52 heavy (non-hydrogen) atoms. The molecule has 4 heteroatoms. The predicted octanol–water partition coefficient (Wildman–Crippen LogP) is 12.4. The number of fused-ring (bicyclic) bond motifs is 1. The molecule has 11 rings (SSSR count). The van der Waals surface area contributed by atoms with E-state index in [0.29, 0.717) is 28.6 Å². The van der Waals surface area contributed by atoms with E-state index < -0.39 is 0 Å². The zero-order valence-corrected chi connectivity index (χ0v) is 29.0. The maximum atomic E-state index is 7.33. The first-order chi connectivity index (χ1) is 25.6. The van der Waals surface area contributed by atoms with E-state index >= 15 is 0 Å². The van der Waals surface area contributed by atoms with Gasteiger partial charge in [0.15, 0.2) is 23.2 Å². The van der Waals surface area contributed by atoms with Gasteiger partial charge in [-0.25, -0.2) is 19.8 Å². The Labute approximate surface area is 305 Å². The molecule has 4 nitrogen and oxygen atoms in total. The molecule has 0 N–H and O–H groups in total. The minimum absolute atomic E-state index is 0.354. The van der Waals surface area contributed by atoms with Gasteiger partial charge < -0.3 is 0 Å². The molecule has 4 saturated carbocycles. The molecule has 1 heterocycles. The summed E-state index contributed by atoms with van der Waals surface area (Å²) < 4.78 is 0. The lowest BCUT2D eigenvalue weighted by molar-refractivity contribution is -0.00518. The van der Waals surface area contributed by atoms with Crippen molar-refractivity contribution >= 4 is 16.5 Å². The van der Waals surface area contributed by atoms with Gasteiger partial charge in [0.25, 0.3) is 0 Å². The summed E-state index contributed by atoms with van der Waals surface area (Å²) >= 11 is 0. The van der Waals surface area contributed by atoms with E-state index in [4.69, 9.17) is 21.5 Å². The van der Waals surface area contributed by atoms with Crippen LogP contribution in [0.3, 0.4) is 0 Å². The molecule has 4 aliphatic carbocycles. The highest BCUT2D eigenvalue weighted by Gasteiger charge is 2.51. The molecule has 0 saturated heterocycles. The number of hydrogen-bond donors (Lipinski definition) is 0. The average Bonchev–Trinajstić information content (AvgIpc) is 3.20. The summed E-state index contributed by atoms with van der Waals surface area (Å²) in [5.41, 5.74) is 9.93. The lowest BCUT2D eigenvalue weighted by Gasteiger charge is -2.57. The van der Waals surface area contributed by atoms with Crippen LogP contribution in [0, 0.1) is 24.3 Å². The van der Waals surface area contributed by atoms with Crippen LogP contribution in [0.1, 0.15) is 44.1 Å². The zero-order chi connectivity index (χ0) is 34.6. The second-order valence-corrected chi connectivity index (χ2v) is 15.4. The molecule has 0 unspecified atom stereocenters. The monoisotopic (exact) mass is 670 g/mol. The largest absolute Gasteiger partial charge is 0.238 e. The van der Waals surface area contributed by atoms with Crippen LogP contribution in [0.2, 0.25) is 0 Å². The second-order valence-electron chi connectivity index (χ2n) is 15.4. The summed E-state index contributed by atoms with van der Waals surface area (Å²) in [7, 11) is 0. The molecule has 0 amide bonds. The van der Waals surface area contributed by atoms with Crippen LogP contribution in [0.15, 0.2) is 140 Å². The summed E-state index contributed by atoms with van der Waals surface area (Å²) in [6.07, 6.45) is 8.42. The van der Waals surface area contributed by atoms with Crippen molar-refractivity contribution in [2.24, 2.45) is 17.8 Å². The lowest BCUT2D eigenvalue weighted by Crippen LogP contribution is -2.48. The molecule has 0 aliphatic heterocycles. The molecule has 7 aromatic rings. The van der Waals surface area contributed by atoms with Crippen molar-refractivity contribution in [3.63, 3.8) is 0 Å². The van der Waals surface area contributed by atoms with Crippen molar-refractivity contribution in [3.05, 3.63) is 157 Å². The first-order valence-electron chi connectivity index (χ1n) is 18.6. The van der Waals surface area contributed by atoms with Crippen LogP contribution in [-0.4, -0.2) is 15.0 Å². The molecule has 4 bridgehead atoms. The normalized spacial score (nSPS) is 21.6. The fourth-order valence-electron chi connectivity index (χ4n) is 10.1. The van der Waals surface area contributed by atoms with Gasteiger partial charge in [-0.05, 0) is 100 Å². The Balaban J connectivity index is 1.04. The Morgan fingerprint density at radius 3 is 1.52 bits per heavy atom. The predicted molar refractivity (Wildman–Crippen MR) is 211 cm³/mol. The third-order valence-electron chi connectivity index (χ3n) is 12.1. The van der Waals surface area contributed by atoms with Gasteiger partial charge in [0, 0.05) is 16.7 Å². The summed E-state index contributed by atoms with van der Waals surface area (Å²) in [4.78, 5) is 19.0. The maximum absolute atomic E-state index is 7.33. The standard InChI is InChI=1S/C48H38N4/c1-49-40-23-19-36(20-24-40)42-10-5-4-9-41(42)35-13-15-37(16-14-35)45-50-46(52-47(51-45)44-12-6-8-34-7-2-3-11-43(34)44)38-17-21-39(22-18-38)48-28-31-25-32(29-48)27-33(26-31)30-48/h2-24,31-33H,25-30H2. The minimum Gasteiger partial charge on any atom is -0.238 e. The molecule has 4 aliphatic rings. The Kier molecular flexibility index (Phi) is 7.35. The van der Waals surface area contributed by atoms with E-state index in [0.717, 1.165) is 67.5 Å². The van der Waals surface area contributed by atoms with Crippen LogP contribution >= 0.6 is 0 Å². The molecule has 0 spiro atoms. The highest BCUT2D eigenvalue weighted by atomic mass is 15.0. The van der Waals surface area contributed by atoms with Gasteiger partial charge in [0.2, 0.25) is 0 Å². The van der Waals surface area contributed by atoms with Gasteiger partial charge in [-0.3, -0.25) is 0 Å². The molecule has 4 fully saturated rings. The number of benzene rings is 6. The minimum atomic E-state index is 0.354. The molecule has 0 atom stereocenters. The summed E-state index contributed by atoms with van der Waals surface area (Å²) in [6.45, 7) is 7.33. The third kappa shape index (κ3) is 5.40. The van der Waals surface area contributed by atoms with Crippen molar-refractivity contribution in [2.45, 2.75) is 43.9 Å². The van der Waals surface area contributed by atoms with Gasteiger partial charge >= 0.3 is 0 Å². The van der Waals surface area contributed by atoms with E-state index in [2.05, 4.69) is 120 Å². The molecule has 250 valence electrons. The van der Waals surface area contributed by atoms with Crippen molar-refractivity contribution in [2.75, 3.05) is 0 Å². The first-order valence-corrected chi connectivity index (χ1v) is 18.6. The molecule has 0 radical (unpaired) electrons. The molecule has 6 aromatic carbocycles. The Bertz CT molecular complexity index is 2450. The Morgan fingerprint density at radius 2 is 0.923 bits per heavy atom. The highest BCUT2D eigenvalue weighted by Crippen LogP contribution is 2.60. The van der Waals surface area contributed by atoms with Gasteiger partial charge in [-0.15, -0.1) is 0 Å². The summed E-state index contributed by atoms with van der Waals surface area (Å²) in [6, 6.07) is 48.8. The van der Waals surface area contributed by atoms with Crippen LogP contribution in [0.5, 0.6) is 0 Å². The number of hydrogen-bond acceptors (Lipinski definition) is 3. The van der Waals surface area contributed by atoms with Gasteiger partial charge in [-0.1, -0.05) is 140 Å².